The van der Waals surface area contributed by atoms with Crippen LogP contribution in [0.2, 0.25) is 0 Å². The van der Waals surface area contributed by atoms with Gasteiger partial charge in [0.15, 0.2) is 0 Å². The van der Waals surface area contributed by atoms with Crippen molar-refractivity contribution in [2.45, 2.75) is 130 Å². The molecule has 0 aromatic rings. The van der Waals surface area contributed by atoms with Crippen LogP contribution in [-0.2, 0) is 4.79 Å². The third kappa shape index (κ3) is 9.84. The Kier molecular flexibility index (Phi) is 13.2. The maximum atomic E-state index is 12.5. The normalized spacial score (nSPS) is 19.5. The number of carbonyl (C=O) groups is 1. The summed E-state index contributed by atoms with van der Waals surface area (Å²) >= 11 is 0. The zero-order valence-electron chi connectivity index (χ0n) is 21.4. The van der Waals surface area contributed by atoms with Gasteiger partial charge in [0.05, 0.1) is 0 Å². The van der Waals surface area contributed by atoms with Gasteiger partial charge >= 0.3 is 0 Å². The Morgan fingerprint density at radius 2 is 1.32 bits per heavy atom. The molecule has 1 amide bonds. The molecule has 2 fully saturated rings. The lowest BCUT2D eigenvalue weighted by Gasteiger charge is -2.54. The molecule has 31 heavy (non-hydrogen) atoms. The first-order valence-electron chi connectivity index (χ1n) is 14.1. The van der Waals surface area contributed by atoms with Crippen molar-refractivity contribution in [1.82, 2.24) is 9.80 Å². The van der Waals surface area contributed by atoms with Crippen molar-refractivity contribution in [3.63, 3.8) is 0 Å². The van der Waals surface area contributed by atoms with Gasteiger partial charge in [-0.3, -0.25) is 4.79 Å². The van der Waals surface area contributed by atoms with Crippen LogP contribution in [-0.4, -0.2) is 48.4 Å². The van der Waals surface area contributed by atoms with E-state index in [0.717, 1.165) is 31.8 Å². The van der Waals surface area contributed by atoms with Crippen LogP contribution >= 0.6 is 0 Å². The number of hydrogen-bond donors (Lipinski definition) is 0. The molecule has 2 saturated heterocycles. The van der Waals surface area contributed by atoms with Crippen LogP contribution < -0.4 is 0 Å². The van der Waals surface area contributed by atoms with E-state index < -0.39 is 0 Å². The highest BCUT2D eigenvalue weighted by Gasteiger charge is 2.44. The molecule has 0 N–H and O–H groups in total. The molecule has 3 heteroatoms. The fraction of sp³-hybridized carbons (Fsp3) is 0.964. The molecule has 3 nitrogen and oxygen atoms in total. The zero-order chi connectivity index (χ0) is 22.4. The highest BCUT2D eigenvalue weighted by Crippen LogP contribution is 2.40. The van der Waals surface area contributed by atoms with Gasteiger partial charge in [-0.2, -0.15) is 0 Å². The van der Waals surface area contributed by atoms with Gasteiger partial charge in [0.1, 0.15) is 0 Å². The topological polar surface area (TPSA) is 23.6 Å². The van der Waals surface area contributed by atoms with Gasteiger partial charge in [-0.25, -0.2) is 0 Å². The largest absolute Gasteiger partial charge is 0.343 e. The van der Waals surface area contributed by atoms with Crippen molar-refractivity contribution >= 4 is 5.91 Å². The molecule has 1 unspecified atom stereocenters. The van der Waals surface area contributed by atoms with Gasteiger partial charge in [0, 0.05) is 32.6 Å². The number of unbranched alkanes of at least 4 members (excludes halogenated alkanes) is 7. The van der Waals surface area contributed by atoms with E-state index >= 15 is 0 Å². The third-order valence-corrected chi connectivity index (χ3v) is 8.06. The number of piperidine rings is 1. The number of rotatable bonds is 17. The molecule has 2 rings (SSSR count). The first-order chi connectivity index (χ1) is 15.1. The smallest absolute Gasteiger partial charge is 0.222 e. The molecule has 1 spiro atoms. The van der Waals surface area contributed by atoms with Crippen LogP contribution in [0, 0.1) is 11.3 Å². The summed E-state index contributed by atoms with van der Waals surface area (Å²) in [6.45, 7) is 12.8. The van der Waals surface area contributed by atoms with Crippen molar-refractivity contribution in [2.75, 3.05) is 32.7 Å². The Morgan fingerprint density at radius 3 is 2.00 bits per heavy atom. The molecule has 0 aliphatic carbocycles. The molecule has 0 aromatic carbocycles. The Labute approximate surface area is 194 Å². The van der Waals surface area contributed by atoms with E-state index in [-0.39, 0.29) is 0 Å². The molecule has 0 radical (unpaired) electrons. The number of carbonyl (C=O) groups excluding carboxylic acids is 1. The minimum atomic E-state index is 0.420. The van der Waals surface area contributed by atoms with Crippen LogP contribution in [0.5, 0.6) is 0 Å². The van der Waals surface area contributed by atoms with Crippen LogP contribution in [0.3, 0.4) is 0 Å². The van der Waals surface area contributed by atoms with Gasteiger partial charge in [0.2, 0.25) is 5.91 Å². The highest BCUT2D eigenvalue weighted by atomic mass is 16.2. The summed E-state index contributed by atoms with van der Waals surface area (Å²) in [5.74, 6) is 1.39. The zero-order valence-corrected chi connectivity index (χ0v) is 21.4. The number of hydrogen-bond acceptors (Lipinski definition) is 2. The molecular formula is C28H54N2O. The molecule has 0 saturated carbocycles. The summed E-state index contributed by atoms with van der Waals surface area (Å²) < 4.78 is 0. The second-order valence-electron chi connectivity index (χ2n) is 10.9. The van der Waals surface area contributed by atoms with Crippen molar-refractivity contribution in [3.05, 3.63) is 0 Å². The molecule has 0 bridgehead atoms. The lowest BCUT2D eigenvalue weighted by Crippen LogP contribution is -2.60. The maximum absolute atomic E-state index is 12.5. The summed E-state index contributed by atoms with van der Waals surface area (Å²) in [6.07, 6.45) is 22.1. The van der Waals surface area contributed by atoms with Gasteiger partial charge < -0.3 is 9.80 Å². The van der Waals surface area contributed by atoms with Crippen molar-refractivity contribution < 1.29 is 4.79 Å². The molecular weight excluding hydrogens is 380 g/mol. The molecule has 2 heterocycles. The van der Waals surface area contributed by atoms with E-state index in [1.54, 1.807) is 0 Å². The SMILES string of the molecule is CCCCCCCC(=O)N1CCC2(CC1)CN(CCCC(CCCC)CCCCC)C2. The summed E-state index contributed by atoms with van der Waals surface area (Å²) in [5.41, 5.74) is 0.542. The summed E-state index contributed by atoms with van der Waals surface area (Å²) in [7, 11) is 0. The molecule has 1 atom stereocenters. The Balaban J connectivity index is 1.56. The Hall–Kier alpha value is -0.570. The first kappa shape index (κ1) is 26.7. The van der Waals surface area contributed by atoms with Crippen molar-refractivity contribution in [2.24, 2.45) is 11.3 Å². The predicted octanol–water partition coefficient (Wildman–Crippen LogP) is 7.44. The van der Waals surface area contributed by atoms with Gasteiger partial charge in [0.25, 0.3) is 0 Å². The summed E-state index contributed by atoms with van der Waals surface area (Å²) in [5, 5.41) is 0. The first-order valence-corrected chi connectivity index (χ1v) is 14.1. The van der Waals surface area contributed by atoms with Gasteiger partial charge in [-0.15, -0.1) is 0 Å². The molecule has 182 valence electrons. The predicted molar refractivity (Wildman–Crippen MR) is 134 cm³/mol. The quantitative estimate of drug-likeness (QED) is 0.222. The highest BCUT2D eigenvalue weighted by molar-refractivity contribution is 5.76. The maximum Gasteiger partial charge on any atom is 0.222 e. The van der Waals surface area contributed by atoms with E-state index in [1.165, 1.54) is 116 Å². The van der Waals surface area contributed by atoms with E-state index in [9.17, 15) is 4.79 Å². The van der Waals surface area contributed by atoms with Crippen LogP contribution in [0.15, 0.2) is 0 Å². The van der Waals surface area contributed by atoms with Crippen molar-refractivity contribution in [1.29, 1.82) is 0 Å². The van der Waals surface area contributed by atoms with Gasteiger partial charge in [-0.1, -0.05) is 91.4 Å². The van der Waals surface area contributed by atoms with Crippen molar-refractivity contribution in [3.8, 4) is 0 Å². The second-order valence-corrected chi connectivity index (χ2v) is 10.9. The Bertz CT molecular complexity index is 462. The fourth-order valence-corrected chi connectivity index (χ4v) is 5.86. The average molecular weight is 435 g/mol. The van der Waals surface area contributed by atoms with E-state index in [4.69, 9.17) is 0 Å². The molecule has 2 aliphatic heterocycles. The van der Waals surface area contributed by atoms with Crippen LogP contribution in [0.25, 0.3) is 0 Å². The van der Waals surface area contributed by atoms with E-state index in [0.29, 0.717) is 11.3 Å². The fourth-order valence-electron chi connectivity index (χ4n) is 5.86. The lowest BCUT2D eigenvalue weighted by atomic mass is 9.72. The lowest BCUT2D eigenvalue weighted by molar-refractivity contribution is -0.136. The minimum absolute atomic E-state index is 0.420. The molecule has 2 aliphatic rings. The average Bonchev–Trinajstić information content (AvgIpc) is 2.76. The second kappa shape index (κ2) is 15.3. The third-order valence-electron chi connectivity index (χ3n) is 8.06. The monoisotopic (exact) mass is 434 g/mol. The summed E-state index contributed by atoms with van der Waals surface area (Å²) in [4.78, 5) is 17.4. The molecule has 0 aromatic heterocycles. The van der Waals surface area contributed by atoms with Crippen LogP contribution in [0.1, 0.15) is 130 Å². The number of nitrogens with zero attached hydrogens (tertiary/aromatic N) is 2. The number of amides is 1. The van der Waals surface area contributed by atoms with Gasteiger partial charge in [-0.05, 0) is 50.0 Å². The Morgan fingerprint density at radius 1 is 0.742 bits per heavy atom. The summed E-state index contributed by atoms with van der Waals surface area (Å²) in [6, 6.07) is 0. The van der Waals surface area contributed by atoms with E-state index in [2.05, 4.69) is 30.6 Å². The minimum Gasteiger partial charge on any atom is -0.343 e. The van der Waals surface area contributed by atoms with E-state index in [1.807, 2.05) is 0 Å². The number of likely N-dealkylation sites (tertiary alicyclic amines) is 2. The van der Waals surface area contributed by atoms with Crippen LogP contribution in [0.4, 0.5) is 0 Å². The standard InChI is InChI=1S/C28H54N2O/c1-4-7-10-11-13-18-27(31)30-22-19-28(20-23-30)24-29(25-28)21-14-17-26(15-9-6-3)16-12-8-5-2/h26H,4-25H2,1-3H3.